The summed E-state index contributed by atoms with van der Waals surface area (Å²) in [5.74, 6) is 2.49. The molecule has 0 aromatic heterocycles. The number of hydrogen-bond acceptors (Lipinski definition) is 8. The topological polar surface area (TPSA) is 104 Å². The van der Waals surface area contributed by atoms with Gasteiger partial charge in [0.25, 0.3) is 0 Å². The second-order valence-corrected chi connectivity index (χ2v) is 15.1. The molecule has 2 saturated heterocycles. The Kier molecular flexibility index (Phi) is 12.3. The van der Waals surface area contributed by atoms with Gasteiger partial charge in [-0.25, -0.2) is 0 Å². The molecule has 45 heavy (non-hydrogen) atoms. The highest BCUT2D eigenvalue weighted by Gasteiger charge is 2.56. The Balaban J connectivity index is 0.000000190. The SMILES string of the molecule is CC1(C)OB(CB2OC(C)(C)C(C)(C)O2)OC1(C)C.CCC(=O)c1cc(Br)ccc1O.CCC1=CB(O)Oc2ccc(Br)cc21. The number of allylic oxidation sites excluding steroid dienone is 1. The van der Waals surface area contributed by atoms with E-state index in [-0.39, 0.29) is 48.2 Å². The van der Waals surface area contributed by atoms with E-state index in [1.165, 1.54) is 6.07 Å². The molecule has 0 amide bonds. The van der Waals surface area contributed by atoms with E-state index in [1.54, 1.807) is 25.0 Å². The normalized spacial score (nSPS) is 20.2. The van der Waals surface area contributed by atoms with Gasteiger partial charge in [0.2, 0.25) is 0 Å². The molecule has 0 aliphatic carbocycles. The van der Waals surface area contributed by atoms with Gasteiger partial charge in [-0.1, -0.05) is 45.7 Å². The fraction of sp³-hybridized carbons (Fsp3) is 0.531. The molecule has 0 spiro atoms. The number of phenolic OH excluding ortho intramolecular Hbond substituents is 1. The van der Waals surface area contributed by atoms with Crippen molar-refractivity contribution in [3.05, 3.63) is 62.4 Å². The number of carbonyl (C=O) groups is 1. The minimum atomic E-state index is -0.807. The fourth-order valence-electron chi connectivity index (χ4n) is 4.79. The largest absolute Gasteiger partial charge is 0.552 e. The van der Waals surface area contributed by atoms with Crippen LogP contribution in [0.5, 0.6) is 11.5 Å². The first-order valence-corrected chi connectivity index (χ1v) is 16.9. The maximum atomic E-state index is 11.2. The number of benzene rings is 2. The van der Waals surface area contributed by atoms with Crippen LogP contribution in [-0.2, 0) is 18.6 Å². The van der Waals surface area contributed by atoms with Gasteiger partial charge in [-0.15, -0.1) is 0 Å². The molecular formula is C32H45B3Br2O8. The molecule has 8 nitrogen and oxygen atoms in total. The van der Waals surface area contributed by atoms with E-state index in [0.717, 1.165) is 32.3 Å². The van der Waals surface area contributed by atoms with Crippen LogP contribution >= 0.6 is 31.9 Å². The van der Waals surface area contributed by atoms with Crippen LogP contribution in [0.2, 0.25) is 6.22 Å². The predicted octanol–water partition coefficient (Wildman–Crippen LogP) is 8.11. The molecule has 0 unspecified atom stereocenters. The summed E-state index contributed by atoms with van der Waals surface area (Å²) in [7, 11) is -1.36. The number of fused-ring (bicyclic) bond motifs is 1. The van der Waals surface area contributed by atoms with Gasteiger partial charge in [0.1, 0.15) is 11.5 Å². The molecule has 0 atom stereocenters. The van der Waals surface area contributed by atoms with Crippen molar-refractivity contribution in [3.63, 3.8) is 0 Å². The van der Waals surface area contributed by atoms with E-state index < -0.39 is 7.12 Å². The average Bonchev–Trinajstić information content (AvgIpc) is 3.27. The third-order valence-corrected chi connectivity index (χ3v) is 9.82. The van der Waals surface area contributed by atoms with Crippen LogP contribution in [0.4, 0.5) is 0 Å². The Labute approximate surface area is 286 Å². The van der Waals surface area contributed by atoms with Gasteiger partial charge in [0, 0.05) is 27.1 Å². The summed E-state index contributed by atoms with van der Waals surface area (Å²) in [5.41, 5.74) is 1.35. The maximum absolute atomic E-state index is 11.2. The molecule has 3 aliphatic heterocycles. The molecule has 0 bridgehead atoms. The van der Waals surface area contributed by atoms with E-state index in [2.05, 4.69) is 94.2 Å². The third kappa shape index (κ3) is 9.27. The Morgan fingerprint density at radius 3 is 1.71 bits per heavy atom. The second-order valence-electron chi connectivity index (χ2n) is 13.2. The zero-order chi connectivity index (χ0) is 34.0. The summed E-state index contributed by atoms with van der Waals surface area (Å²) in [6.07, 6.45) is 1.90. The van der Waals surface area contributed by atoms with Crippen molar-refractivity contribution in [2.75, 3.05) is 0 Å². The zero-order valence-electron chi connectivity index (χ0n) is 28.0. The van der Waals surface area contributed by atoms with Crippen molar-refractivity contribution in [2.45, 2.75) is 111 Å². The quantitative estimate of drug-likeness (QED) is 0.234. The van der Waals surface area contributed by atoms with Crippen LogP contribution in [0.1, 0.15) is 98.0 Å². The highest BCUT2D eigenvalue weighted by molar-refractivity contribution is 9.10. The van der Waals surface area contributed by atoms with Crippen LogP contribution in [0.25, 0.3) is 5.57 Å². The molecule has 2 aromatic rings. The molecule has 244 valence electrons. The Hall–Kier alpha value is -1.60. The Morgan fingerprint density at radius 2 is 1.24 bits per heavy atom. The molecule has 0 radical (unpaired) electrons. The molecular weight excluding hydrogens is 705 g/mol. The lowest BCUT2D eigenvalue weighted by atomic mass is 9.64. The standard InChI is InChI=1S/C13H26B2O4.C10H10BBrO2.C9H9BrO2/c1-10(2)11(3,4)17-14(16-10)9-15-18-12(5,6)13(7,8)19-15;1-2-7-6-11(13)14-10-4-3-8(12)5-9(7)10;1-2-8(11)7-5-6(10)3-4-9(7)12/h9H2,1-8H3;3-6,13H,2H2,1H3;3-5,12H,2H2,1H3. The minimum absolute atomic E-state index is 0.0463. The van der Waals surface area contributed by atoms with Crippen molar-refractivity contribution >= 4 is 64.6 Å². The molecule has 3 aliphatic rings. The number of Topliss-reactive ketones (excluding diaryl/α,β-unsaturated/α-hetero) is 1. The van der Waals surface area contributed by atoms with Crippen molar-refractivity contribution in [3.8, 4) is 11.5 Å². The van der Waals surface area contributed by atoms with E-state index in [9.17, 15) is 14.9 Å². The minimum Gasteiger partial charge on any atom is -0.532 e. The average molecular weight is 750 g/mol. The Bertz CT molecular complexity index is 1330. The van der Waals surface area contributed by atoms with E-state index in [1.807, 2.05) is 18.2 Å². The van der Waals surface area contributed by atoms with Crippen LogP contribution in [0, 0.1) is 0 Å². The Morgan fingerprint density at radius 1 is 0.778 bits per heavy atom. The second kappa shape index (κ2) is 14.7. The zero-order valence-corrected chi connectivity index (χ0v) is 31.2. The lowest BCUT2D eigenvalue weighted by Crippen LogP contribution is -2.41. The van der Waals surface area contributed by atoms with Crippen LogP contribution in [0.15, 0.2) is 51.3 Å². The molecule has 2 aromatic carbocycles. The number of phenols is 1. The summed E-state index contributed by atoms with van der Waals surface area (Å²) in [6, 6.07) is 10.6. The number of halogens is 2. The van der Waals surface area contributed by atoms with Gasteiger partial charge in [-0.3, -0.25) is 4.79 Å². The molecule has 2 N–H and O–H groups in total. The van der Waals surface area contributed by atoms with Gasteiger partial charge >= 0.3 is 21.4 Å². The van der Waals surface area contributed by atoms with E-state index in [4.69, 9.17) is 23.3 Å². The number of ketones is 1. The van der Waals surface area contributed by atoms with Gasteiger partial charge in [0.15, 0.2) is 5.78 Å². The first kappa shape index (κ1) is 37.9. The predicted molar refractivity (Wildman–Crippen MR) is 188 cm³/mol. The van der Waals surface area contributed by atoms with Crippen molar-refractivity contribution in [1.29, 1.82) is 0 Å². The molecule has 5 rings (SSSR count). The summed E-state index contributed by atoms with van der Waals surface area (Å²) < 4.78 is 31.0. The first-order valence-electron chi connectivity index (χ1n) is 15.3. The number of carbonyl (C=O) groups excluding carboxylic acids is 1. The summed E-state index contributed by atoms with van der Waals surface area (Å²) in [6.45, 7) is 20.3. The van der Waals surface area contributed by atoms with Crippen molar-refractivity contribution in [1.82, 2.24) is 0 Å². The van der Waals surface area contributed by atoms with Crippen LogP contribution in [-0.4, -0.2) is 59.7 Å². The van der Waals surface area contributed by atoms with Gasteiger partial charge in [-0.05, 0) is 110 Å². The summed E-state index contributed by atoms with van der Waals surface area (Å²) in [4.78, 5) is 11.2. The van der Waals surface area contributed by atoms with Crippen molar-refractivity contribution in [2.24, 2.45) is 0 Å². The smallest absolute Gasteiger partial charge is 0.532 e. The fourth-order valence-corrected chi connectivity index (χ4v) is 5.51. The van der Waals surface area contributed by atoms with Crippen LogP contribution in [0.3, 0.4) is 0 Å². The van der Waals surface area contributed by atoms with E-state index >= 15 is 0 Å². The summed E-state index contributed by atoms with van der Waals surface area (Å²) >= 11 is 6.65. The molecule has 2 fully saturated rings. The third-order valence-electron chi connectivity index (χ3n) is 8.83. The van der Waals surface area contributed by atoms with Gasteiger partial charge < -0.3 is 33.4 Å². The maximum Gasteiger partial charge on any atom is 0.552 e. The highest BCUT2D eigenvalue weighted by Crippen LogP contribution is 2.42. The van der Waals surface area contributed by atoms with Gasteiger partial charge in [0.05, 0.1) is 28.0 Å². The van der Waals surface area contributed by atoms with Crippen LogP contribution < -0.4 is 4.65 Å². The molecule has 3 heterocycles. The van der Waals surface area contributed by atoms with Gasteiger partial charge in [-0.2, -0.15) is 0 Å². The summed E-state index contributed by atoms with van der Waals surface area (Å²) in [5, 5.41) is 18.7. The molecule has 0 saturated carbocycles. The van der Waals surface area contributed by atoms with Crippen molar-refractivity contribution < 1.29 is 38.2 Å². The first-order chi connectivity index (χ1) is 20.7. The monoisotopic (exact) mass is 748 g/mol. The number of rotatable bonds is 5. The molecule has 13 heteroatoms. The lowest BCUT2D eigenvalue weighted by Gasteiger charge is -2.32. The number of hydrogen-bond donors (Lipinski definition) is 2. The van der Waals surface area contributed by atoms with E-state index in [0.29, 0.717) is 18.2 Å². The number of aromatic hydroxyl groups is 1. The lowest BCUT2D eigenvalue weighted by molar-refractivity contribution is 0.00578. The highest BCUT2D eigenvalue weighted by atomic mass is 79.9.